The lowest BCUT2D eigenvalue weighted by Gasteiger charge is -2.29. The number of nitrogens with one attached hydrogen (secondary N) is 1. The number of rotatable bonds is 6. The van der Waals surface area contributed by atoms with Crippen LogP contribution >= 0.6 is 0 Å². The number of carbonyl (C=O) groups is 4. The second kappa shape index (κ2) is 12.3. The number of anilines is 2. The molecule has 6 heterocycles. The van der Waals surface area contributed by atoms with Gasteiger partial charge in [-0.05, 0) is 25.5 Å². The molecule has 2 atom stereocenters. The molecule has 1 amide bonds. The Balaban J connectivity index is 1.47. The van der Waals surface area contributed by atoms with Crippen LogP contribution in [-0.2, 0) is 21.4 Å². The molecule has 2 aliphatic rings. The number of likely N-dealkylation sites (N-methyl/N-ethyl adjacent to an activating group) is 1. The van der Waals surface area contributed by atoms with Crippen LogP contribution in [0.2, 0.25) is 0 Å². The number of carboxylic acid groups (broad SMARTS) is 2. The van der Waals surface area contributed by atoms with Crippen molar-refractivity contribution in [2.75, 3.05) is 43.5 Å². The van der Waals surface area contributed by atoms with Crippen LogP contribution in [0.3, 0.4) is 0 Å². The second-order valence-electron chi connectivity index (χ2n) is 12.6. The number of fused-ring (bicyclic) bond motifs is 5. The highest BCUT2D eigenvalue weighted by molar-refractivity contribution is 6.19. The molecule has 7 rings (SSSR count). The first kappa shape index (κ1) is 33.3. The summed E-state index contributed by atoms with van der Waals surface area (Å²) in [6, 6.07) is 2.24. The van der Waals surface area contributed by atoms with Gasteiger partial charge in [0.25, 0.3) is 0 Å². The number of carbonyl (C=O) groups excluding carboxylic acids is 2. The number of likely N-dealkylation sites (tertiary alicyclic amines) is 1. The molecule has 0 radical (unpaired) electrons. The monoisotopic (exact) mass is 701 g/mol. The molecule has 5 aromatic rings. The summed E-state index contributed by atoms with van der Waals surface area (Å²) in [7, 11) is 4.73. The number of H-pyrrole nitrogens is 1. The van der Waals surface area contributed by atoms with Gasteiger partial charge in [-0.15, -0.1) is 0 Å². The van der Waals surface area contributed by atoms with Crippen molar-refractivity contribution >= 4 is 68.3 Å². The molecule has 0 unspecified atom stereocenters. The van der Waals surface area contributed by atoms with Crippen molar-refractivity contribution in [3.05, 3.63) is 70.3 Å². The van der Waals surface area contributed by atoms with Crippen molar-refractivity contribution in [1.29, 1.82) is 0 Å². The van der Waals surface area contributed by atoms with Crippen molar-refractivity contribution in [3.63, 3.8) is 0 Å². The Morgan fingerprint density at radius 2 is 1.82 bits per heavy atom. The van der Waals surface area contributed by atoms with Crippen molar-refractivity contribution in [3.8, 4) is 11.1 Å². The summed E-state index contributed by atoms with van der Waals surface area (Å²) in [5.41, 5.74) is 0.213. The number of hydrogen-bond acceptors (Lipinski definition) is 10. The predicted octanol–water partition coefficient (Wildman–Crippen LogP) is 3.49. The molecule has 17 heteroatoms. The first-order valence-corrected chi connectivity index (χ1v) is 15.7. The van der Waals surface area contributed by atoms with Crippen LogP contribution in [0.1, 0.15) is 16.8 Å². The molecular weight excluding hydrogens is 672 g/mol. The van der Waals surface area contributed by atoms with E-state index in [0.29, 0.717) is 42.1 Å². The number of halogens is 2. The normalized spacial score (nSPS) is 17.5. The van der Waals surface area contributed by atoms with Gasteiger partial charge >= 0.3 is 24.0 Å². The molecule has 1 aromatic carbocycles. The Morgan fingerprint density at radius 3 is 2.55 bits per heavy atom. The number of aromatic carboxylic acids is 1. The van der Waals surface area contributed by atoms with Crippen molar-refractivity contribution in [1.82, 2.24) is 24.4 Å². The number of esters is 1. The molecule has 3 N–H and O–H groups in total. The van der Waals surface area contributed by atoms with Crippen LogP contribution in [0.15, 0.2) is 47.7 Å². The van der Waals surface area contributed by atoms with Gasteiger partial charge in [-0.25, -0.2) is 37.9 Å². The molecule has 15 nitrogen and oxygen atoms in total. The third kappa shape index (κ3) is 5.51. The number of aryl methyl sites for hydroxylation is 1. The first-order chi connectivity index (χ1) is 24.2. The van der Waals surface area contributed by atoms with Crippen molar-refractivity contribution in [2.45, 2.75) is 12.5 Å². The highest BCUT2D eigenvalue weighted by atomic mass is 19.2. The lowest BCUT2D eigenvalue weighted by Crippen LogP contribution is -2.35. The number of aromatic amines is 1. The first-order valence-electron chi connectivity index (χ1n) is 15.7. The smallest absolute Gasteiger partial charge is 0.422 e. The average Bonchev–Trinajstić information content (AvgIpc) is 3.78. The summed E-state index contributed by atoms with van der Waals surface area (Å²) < 4.78 is 37.8. The molecule has 0 saturated carbocycles. The third-order valence-corrected chi connectivity index (χ3v) is 9.50. The largest absolute Gasteiger partial charge is 0.478 e. The zero-order valence-corrected chi connectivity index (χ0v) is 27.3. The van der Waals surface area contributed by atoms with E-state index in [9.17, 15) is 29.1 Å². The number of aliphatic carboxylic acids is 1. The topological polar surface area (TPSA) is 191 Å². The van der Waals surface area contributed by atoms with E-state index >= 15 is 8.78 Å². The molecule has 2 aliphatic heterocycles. The molecule has 262 valence electrons. The second-order valence-corrected chi connectivity index (χ2v) is 12.6. The summed E-state index contributed by atoms with van der Waals surface area (Å²) in [4.78, 5) is 78.0. The van der Waals surface area contributed by atoms with Crippen LogP contribution in [-0.4, -0.2) is 98.4 Å². The standard InChI is InChI=1S/C34H29F2N7O8/c1-40-12-15-6-7-43(22(15)14-40)29-18(16-8-17-30(47)19(33(48)49)13-41(2)32(17)38-10-16)11-37-31-26(29)25-27(36)20(35)9-21(28(25)39-31)42(3)34(50)51-24(46)5-4-23(44)45/h4-5,8-11,13,15,22H,6-7,12,14H2,1-3H3,(H,37,39)(H,44,45)(H,48,49)/b5-4+/t15-,22+/m0/s1. The van der Waals surface area contributed by atoms with E-state index in [0.717, 1.165) is 23.9 Å². The van der Waals surface area contributed by atoms with Gasteiger partial charge in [-0.3, -0.25) is 9.69 Å². The van der Waals surface area contributed by atoms with E-state index in [1.165, 1.54) is 36.3 Å². The zero-order valence-electron chi connectivity index (χ0n) is 27.3. The number of nitrogens with zero attached hydrogens (tertiary/aromatic N) is 6. The van der Waals surface area contributed by atoms with Gasteiger partial charge in [0.15, 0.2) is 11.6 Å². The van der Waals surface area contributed by atoms with E-state index in [1.807, 2.05) is 7.05 Å². The van der Waals surface area contributed by atoms with Gasteiger partial charge in [0.1, 0.15) is 16.9 Å². The number of carboxylic acids is 2. The highest BCUT2D eigenvalue weighted by Gasteiger charge is 2.42. The van der Waals surface area contributed by atoms with Gasteiger partial charge in [-0.1, -0.05) is 0 Å². The maximum absolute atomic E-state index is 16.1. The molecule has 0 bridgehead atoms. The predicted molar refractivity (Wildman–Crippen MR) is 180 cm³/mol. The quantitative estimate of drug-likeness (QED) is 0.133. The van der Waals surface area contributed by atoms with Gasteiger partial charge in [-0.2, -0.15) is 0 Å². The number of amides is 1. The number of pyridine rings is 3. The van der Waals surface area contributed by atoms with E-state index < -0.39 is 46.6 Å². The molecule has 4 aromatic heterocycles. The van der Waals surface area contributed by atoms with Crippen LogP contribution < -0.4 is 15.2 Å². The SMILES string of the molecule is CN1C[C@@H]2CCN(c3c(-c4cnc5c(c4)c(=O)c(C(=O)O)cn5C)cnc4[nH]c5c(N(C)C(=O)OC(=O)/C=C/C(=O)O)cc(F)c(F)c5c34)[C@@H]2C1. The zero-order chi connectivity index (χ0) is 36.5. The van der Waals surface area contributed by atoms with Crippen LogP contribution in [0.5, 0.6) is 0 Å². The summed E-state index contributed by atoms with van der Waals surface area (Å²) in [5, 5.41) is 18.4. The number of ether oxygens (including phenoxy) is 1. The Labute approximate surface area is 286 Å². The molecule has 2 fully saturated rings. The Kier molecular flexibility index (Phi) is 8.01. The van der Waals surface area contributed by atoms with Crippen LogP contribution in [0.25, 0.3) is 44.1 Å². The van der Waals surface area contributed by atoms with Gasteiger partial charge in [0.05, 0.1) is 33.1 Å². The Hall–Kier alpha value is -6.23. The Morgan fingerprint density at radius 1 is 1.06 bits per heavy atom. The number of benzene rings is 1. The fraction of sp³-hybridized carbons (Fsp3) is 0.265. The van der Waals surface area contributed by atoms with E-state index in [1.54, 1.807) is 7.05 Å². The fourth-order valence-corrected chi connectivity index (χ4v) is 7.24. The lowest BCUT2D eigenvalue weighted by atomic mass is 9.99. The van der Waals surface area contributed by atoms with Crippen molar-refractivity contribution in [2.24, 2.45) is 13.0 Å². The highest BCUT2D eigenvalue weighted by Crippen LogP contribution is 2.47. The van der Waals surface area contributed by atoms with Crippen LogP contribution in [0, 0.1) is 17.6 Å². The third-order valence-electron chi connectivity index (χ3n) is 9.50. The summed E-state index contributed by atoms with van der Waals surface area (Å²) in [5.74, 6) is -6.43. The minimum atomic E-state index is -1.45. The molecular formula is C34H29F2N7O8. The summed E-state index contributed by atoms with van der Waals surface area (Å²) >= 11 is 0. The van der Waals surface area contributed by atoms with Crippen molar-refractivity contribution < 1.29 is 42.9 Å². The molecule has 2 saturated heterocycles. The molecule has 51 heavy (non-hydrogen) atoms. The summed E-state index contributed by atoms with van der Waals surface area (Å²) in [6.07, 6.45) is 4.71. The number of hydrogen-bond donors (Lipinski definition) is 3. The van der Waals surface area contributed by atoms with Gasteiger partial charge in [0.2, 0.25) is 5.43 Å². The van der Waals surface area contributed by atoms with Gasteiger partial charge < -0.3 is 34.3 Å². The Bertz CT molecular complexity index is 2440. The molecule has 0 spiro atoms. The fourth-order valence-electron chi connectivity index (χ4n) is 7.24. The number of aromatic nitrogens is 4. The van der Waals surface area contributed by atoms with E-state index in [2.05, 4.69) is 24.8 Å². The average molecular weight is 702 g/mol. The maximum Gasteiger partial charge on any atom is 0.422 e. The minimum absolute atomic E-state index is 0.0252. The van der Waals surface area contributed by atoms with Crippen LogP contribution in [0.4, 0.5) is 25.0 Å². The minimum Gasteiger partial charge on any atom is -0.478 e. The van der Waals surface area contributed by atoms with E-state index in [4.69, 9.17) is 9.84 Å². The van der Waals surface area contributed by atoms with Gasteiger partial charge in [0, 0.05) is 87.7 Å². The van der Waals surface area contributed by atoms with E-state index in [-0.39, 0.29) is 50.6 Å². The summed E-state index contributed by atoms with van der Waals surface area (Å²) in [6.45, 7) is 2.05. The maximum atomic E-state index is 16.1. The molecule has 0 aliphatic carbocycles. The lowest BCUT2D eigenvalue weighted by molar-refractivity contribution is -0.134.